The van der Waals surface area contributed by atoms with Gasteiger partial charge < -0.3 is 9.80 Å². The molecule has 0 aromatic heterocycles. The van der Waals surface area contributed by atoms with Gasteiger partial charge in [0.05, 0.1) is 28.4 Å². The lowest BCUT2D eigenvalue weighted by atomic mass is 9.85. The first kappa shape index (κ1) is 44.9. The third-order valence-electron chi connectivity index (χ3n) is 15.9. The molecule has 0 N–H and O–H groups in total. The van der Waals surface area contributed by atoms with Crippen molar-refractivity contribution in [3.05, 3.63) is 279 Å². The third kappa shape index (κ3) is 7.29. The van der Waals surface area contributed by atoms with E-state index in [2.05, 4.69) is 289 Å². The molecular weight excluding hydrogens is 981 g/mol. The predicted octanol–water partition coefficient (Wildman–Crippen LogP) is 22.0. The van der Waals surface area contributed by atoms with Gasteiger partial charge in [-0.25, -0.2) is 0 Å². The molecule has 78 heavy (non-hydrogen) atoms. The fourth-order valence-corrected chi connectivity index (χ4v) is 14.7. The van der Waals surface area contributed by atoms with Gasteiger partial charge in [-0.1, -0.05) is 236 Å². The van der Waals surface area contributed by atoms with E-state index in [1.807, 2.05) is 23.5 Å². The van der Waals surface area contributed by atoms with E-state index in [1.54, 1.807) is 0 Å². The molecule has 0 saturated heterocycles. The fraction of sp³-hybridized carbons (Fsp3) is 0. The van der Waals surface area contributed by atoms with Crippen molar-refractivity contribution < 1.29 is 0 Å². The second kappa shape index (κ2) is 18.2. The third-order valence-corrected chi connectivity index (χ3v) is 18.2. The highest BCUT2D eigenvalue weighted by Gasteiger charge is 2.30. The maximum Gasteiger partial charge on any atom is 0.0608 e. The Labute approximate surface area is 461 Å². The van der Waals surface area contributed by atoms with Gasteiger partial charge in [-0.05, 0) is 160 Å². The van der Waals surface area contributed by atoms with E-state index in [-0.39, 0.29) is 0 Å². The molecule has 16 rings (SSSR count). The van der Waals surface area contributed by atoms with Crippen LogP contribution in [0.25, 0.3) is 98.4 Å². The molecule has 2 aliphatic heterocycles. The molecule has 2 nitrogen and oxygen atoms in total. The zero-order valence-electron chi connectivity index (χ0n) is 42.3. The van der Waals surface area contributed by atoms with Crippen molar-refractivity contribution >= 4 is 112 Å². The Kier molecular flexibility index (Phi) is 10.5. The van der Waals surface area contributed by atoms with Gasteiger partial charge in [0.2, 0.25) is 0 Å². The molecule has 14 aromatic carbocycles. The van der Waals surface area contributed by atoms with Gasteiger partial charge in [0.15, 0.2) is 0 Å². The Bertz CT molecular complexity index is 4710. The van der Waals surface area contributed by atoms with Gasteiger partial charge >= 0.3 is 0 Å². The Hall–Kier alpha value is -9.32. The zero-order valence-corrected chi connectivity index (χ0v) is 43.9. The molecule has 0 atom stereocenters. The van der Waals surface area contributed by atoms with Crippen LogP contribution in [0.15, 0.2) is 299 Å². The van der Waals surface area contributed by atoms with Crippen LogP contribution in [-0.4, -0.2) is 0 Å². The average Bonchev–Trinajstić information content (AvgIpc) is 3.69. The summed E-state index contributed by atoms with van der Waals surface area (Å²) in [4.78, 5) is 9.95. The lowest BCUT2D eigenvalue weighted by molar-refractivity contribution is 1.17. The highest BCUT2D eigenvalue weighted by molar-refractivity contribution is 8.00. The van der Waals surface area contributed by atoms with Crippen LogP contribution in [0.1, 0.15) is 0 Å². The monoisotopic (exact) mass is 1030 g/mol. The molecule has 2 heterocycles. The van der Waals surface area contributed by atoms with Crippen LogP contribution in [-0.2, 0) is 0 Å². The van der Waals surface area contributed by atoms with Crippen LogP contribution in [0, 0.1) is 0 Å². The molecule has 14 aromatic rings. The molecule has 0 amide bonds. The lowest BCUT2D eigenvalue weighted by Gasteiger charge is -2.35. The molecule has 0 unspecified atom stereocenters. The minimum Gasteiger partial charge on any atom is -0.308 e. The van der Waals surface area contributed by atoms with E-state index in [1.165, 1.54) is 146 Å². The van der Waals surface area contributed by atoms with Crippen molar-refractivity contribution in [3.63, 3.8) is 0 Å². The number of benzene rings is 14. The summed E-state index contributed by atoms with van der Waals surface area (Å²) >= 11 is 3.76. The SMILES string of the molecule is c1ccc(-c2cccc(-c3c4ccccc4c(-c4cccc(N5c6ccc(-c7ccc8c(c7)Sc7c(ccc9ccccc79)N8c7cccc8ccccc78)cc6Sc6cc7ccccc7cc65)c4)c4ccccc34)c2)cc1. The van der Waals surface area contributed by atoms with E-state index in [9.17, 15) is 0 Å². The molecule has 0 bridgehead atoms. The second-order valence-electron chi connectivity index (χ2n) is 20.4. The van der Waals surface area contributed by atoms with Crippen LogP contribution in [0.4, 0.5) is 34.1 Å². The molecule has 0 fully saturated rings. The molecule has 0 aliphatic carbocycles. The second-order valence-corrected chi connectivity index (χ2v) is 22.5. The van der Waals surface area contributed by atoms with Crippen LogP contribution in [0.2, 0.25) is 0 Å². The summed E-state index contributed by atoms with van der Waals surface area (Å²) in [5, 5.41) is 12.4. The molecule has 4 heteroatoms. The Morgan fingerprint density at radius 2 is 0.679 bits per heavy atom. The van der Waals surface area contributed by atoms with Crippen molar-refractivity contribution in [3.8, 4) is 44.5 Å². The van der Waals surface area contributed by atoms with Crippen LogP contribution >= 0.6 is 23.5 Å². The first-order valence-electron chi connectivity index (χ1n) is 26.6. The van der Waals surface area contributed by atoms with Gasteiger partial charge in [0.25, 0.3) is 0 Å². The summed E-state index contributed by atoms with van der Waals surface area (Å²) in [7, 11) is 0. The van der Waals surface area contributed by atoms with Gasteiger partial charge in [-0.2, -0.15) is 0 Å². The van der Waals surface area contributed by atoms with Crippen molar-refractivity contribution in [2.24, 2.45) is 0 Å². The molecular formula is C74H46N2S2. The van der Waals surface area contributed by atoms with E-state index >= 15 is 0 Å². The van der Waals surface area contributed by atoms with Crippen molar-refractivity contribution in [1.82, 2.24) is 0 Å². The number of nitrogens with zero attached hydrogens (tertiary/aromatic N) is 2. The predicted molar refractivity (Wildman–Crippen MR) is 333 cm³/mol. The molecule has 0 saturated carbocycles. The van der Waals surface area contributed by atoms with Crippen molar-refractivity contribution in [1.29, 1.82) is 0 Å². The van der Waals surface area contributed by atoms with Crippen molar-refractivity contribution in [2.45, 2.75) is 19.6 Å². The highest BCUT2D eigenvalue weighted by Crippen LogP contribution is 2.57. The quantitative estimate of drug-likeness (QED) is 0.153. The fourth-order valence-electron chi connectivity index (χ4n) is 12.4. The van der Waals surface area contributed by atoms with E-state index < -0.39 is 0 Å². The highest BCUT2D eigenvalue weighted by atomic mass is 32.2. The minimum atomic E-state index is 1.12. The van der Waals surface area contributed by atoms with Crippen molar-refractivity contribution in [2.75, 3.05) is 9.80 Å². The van der Waals surface area contributed by atoms with Gasteiger partial charge in [-0.3, -0.25) is 0 Å². The summed E-state index contributed by atoms with van der Waals surface area (Å²) in [6.45, 7) is 0. The minimum absolute atomic E-state index is 1.12. The maximum absolute atomic E-state index is 2.50. The average molecular weight is 1030 g/mol. The molecule has 0 spiro atoms. The normalized spacial score (nSPS) is 12.7. The van der Waals surface area contributed by atoms with E-state index in [0.29, 0.717) is 0 Å². The van der Waals surface area contributed by atoms with Gasteiger partial charge in [0.1, 0.15) is 0 Å². The Balaban J connectivity index is 0.837. The first-order chi connectivity index (χ1) is 38.7. The summed E-state index contributed by atoms with van der Waals surface area (Å²) in [5.41, 5.74) is 16.8. The summed E-state index contributed by atoms with van der Waals surface area (Å²) in [5.74, 6) is 0. The molecule has 2 aliphatic rings. The smallest absolute Gasteiger partial charge is 0.0608 e. The number of hydrogen-bond acceptors (Lipinski definition) is 4. The van der Waals surface area contributed by atoms with Gasteiger partial charge in [0, 0.05) is 30.7 Å². The zero-order chi connectivity index (χ0) is 51.3. The number of rotatable bonds is 6. The summed E-state index contributed by atoms with van der Waals surface area (Å²) in [6.07, 6.45) is 0. The topological polar surface area (TPSA) is 6.48 Å². The molecule has 364 valence electrons. The van der Waals surface area contributed by atoms with Crippen LogP contribution in [0.3, 0.4) is 0 Å². The maximum atomic E-state index is 2.50. The number of hydrogen-bond donors (Lipinski definition) is 0. The standard InChI is InChI=1S/C74H46N2S2/c1-2-17-47(18-3-1)50-24-14-25-55(41-50)72-60-30-10-12-32-62(60)73(63-33-13-11-31-61(63)72)56-26-15-27-57(42-56)75-65-38-36-53(45-69(65)77-71-44-52-22-5-4-21-51(52)43-68(71)75)54-37-39-66-70(46-54)78-74-59-29-9-7-20-49(59)35-40-67(74)76(66)64-34-16-23-48-19-6-8-28-58(48)64/h1-46H. The van der Waals surface area contributed by atoms with Crippen LogP contribution in [0.5, 0.6) is 0 Å². The van der Waals surface area contributed by atoms with Crippen LogP contribution < -0.4 is 9.80 Å². The molecule has 0 radical (unpaired) electrons. The number of fused-ring (bicyclic) bond motifs is 10. The Morgan fingerprint density at radius 1 is 0.218 bits per heavy atom. The van der Waals surface area contributed by atoms with E-state index in [0.717, 1.165) is 5.69 Å². The Morgan fingerprint density at radius 3 is 1.37 bits per heavy atom. The summed E-state index contributed by atoms with van der Waals surface area (Å²) in [6, 6.07) is 103. The number of anilines is 6. The lowest BCUT2D eigenvalue weighted by Crippen LogP contribution is -2.15. The van der Waals surface area contributed by atoms with Gasteiger partial charge in [-0.15, -0.1) is 0 Å². The largest absolute Gasteiger partial charge is 0.308 e. The summed E-state index contributed by atoms with van der Waals surface area (Å²) < 4.78 is 0. The van der Waals surface area contributed by atoms with E-state index in [4.69, 9.17) is 0 Å². The first-order valence-corrected chi connectivity index (χ1v) is 28.3.